The van der Waals surface area contributed by atoms with E-state index in [2.05, 4.69) is 19.2 Å². The van der Waals surface area contributed by atoms with Crippen LogP contribution in [0.2, 0.25) is 0 Å². The lowest BCUT2D eigenvalue weighted by molar-refractivity contribution is -0.870. The number of phosphoric ester groups is 1. The van der Waals surface area contributed by atoms with Gasteiger partial charge < -0.3 is 19.8 Å². The number of rotatable bonds is 48. The Morgan fingerprint density at radius 2 is 0.883 bits per heavy atom. The van der Waals surface area contributed by atoms with Crippen molar-refractivity contribution in [2.75, 3.05) is 40.9 Å². The van der Waals surface area contributed by atoms with E-state index < -0.39 is 20.0 Å². The normalized spacial score (nSPS) is 14.2. The number of hydrogen-bond acceptors (Lipinski definition) is 5. The van der Waals surface area contributed by atoms with Crippen molar-refractivity contribution in [1.82, 2.24) is 5.32 Å². The molecule has 8 nitrogen and oxygen atoms in total. The van der Waals surface area contributed by atoms with Gasteiger partial charge in [-0.15, -0.1) is 0 Å². The van der Waals surface area contributed by atoms with Crippen LogP contribution < -0.4 is 5.32 Å². The number of hydrogen-bond donors (Lipinski definition) is 3. The topological polar surface area (TPSA) is 105 Å². The van der Waals surface area contributed by atoms with Gasteiger partial charge in [0.05, 0.1) is 39.9 Å². The number of unbranched alkanes of at least 4 members (excludes halogenated alkanes) is 35. The minimum Gasteiger partial charge on any atom is -0.387 e. The van der Waals surface area contributed by atoms with Crippen LogP contribution >= 0.6 is 7.82 Å². The van der Waals surface area contributed by atoms with Crippen LogP contribution in [0.4, 0.5) is 0 Å². The maximum absolute atomic E-state index is 12.9. The van der Waals surface area contributed by atoms with E-state index in [0.29, 0.717) is 17.4 Å². The molecule has 3 N–H and O–H groups in total. The Labute approximate surface area is 373 Å². The van der Waals surface area contributed by atoms with Gasteiger partial charge in [0.2, 0.25) is 5.91 Å². The number of nitrogens with zero attached hydrogens (tertiary/aromatic N) is 1. The molecular formula is C51H104N2O6P+. The van der Waals surface area contributed by atoms with Crippen LogP contribution in [-0.4, -0.2) is 73.4 Å². The van der Waals surface area contributed by atoms with Crippen molar-refractivity contribution in [3.63, 3.8) is 0 Å². The molecule has 0 aliphatic carbocycles. The Hall–Kier alpha value is -0.760. The van der Waals surface area contributed by atoms with Crippen LogP contribution in [0.25, 0.3) is 0 Å². The van der Waals surface area contributed by atoms with Gasteiger partial charge in [-0.25, -0.2) is 4.57 Å². The zero-order chi connectivity index (χ0) is 44.3. The molecule has 0 saturated carbocycles. The van der Waals surface area contributed by atoms with Crippen molar-refractivity contribution in [2.24, 2.45) is 0 Å². The lowest BCUT2D eigenvalue weighted by Crippen LogP contribution is -2.45. The number of amides is 1. The number of carbonyl (C=O) groups is 1. The Morgan fingerprint density at radius 1 is 0.550 bits per heavy atom. The molecule has 0 heterocycles. The van der Waals surface area contributed by atoms with Gasteiger partial charge in [-0.05, 0) is 19.3 Å². The van der Waals surface area contributed by atoms with E-state index in [-0.39, 0.29) is 19.1 Å². The third kappa shape index (κ3) is 45.3. The molecule has 3 atom stereocenters. The summed E-state index contributed by atoms with van der Waals surface area (Å²) >= 11 is 0. The number of carbonyl (C=O) groups excluding carboxylic acids is 1. The quantitative estimate of drug-likeness (QED) is 0.0243. The van der Waals surface area contributed by atoms with E-state index in [1.54, 1.807) is 6.08 Å². The SMILES string of the molecule is CCCCCCCCCCC/C=C/C(O)C(COP(=O)(O)OCC[N+](C)(C)C)NC(=O)CCCCCCCCCCCCCCCCCCCCCCCCCCCCC. The summed E-state index contributed by atoms with van der Waals surface area (Å²) in [6.45, 7) is 4.83. The highest BCUT2D eigenvalue weighted by atomic mass is 31.2. The molecule has 0 aromatic heterocycles. The minimum atomic E-state index is -4.33. The van der Waals surface area contributed by atoms with Crippen LogP contribution in [0.15, 0.2) is 12.2 Å². The fourth-order valence-electron chi connectivity index (χ4n) is 7.87. The molecule has 0 aromatic carbocycles. The van der Waals surface area contributed by atoms with Crippen molar-refractivity contribution < 1.29 is 32.9 Å². The average molecular weight is 872 g/mol. The molecule has 0 saturated heterocycles. The zero-order valence-electron chi connectivity index (χ0n) is 40.7. The maximum atomic E-state index is 12.9. The summed E-state index contributed by atoms with van der Waals surface area (Å²) in [4.78, 5) is 23.2. The first-order valence-corrected chi connectivity index (χ1v) is 27.6. The van der Waals surface area contributed by atoms with Crippen LogP contribution in [0, 0.1) is 0 Å². The van der Waals surface area contributed by atoms with Gasteiger partial charge in [-0.3, -0.25) is 13.8 Å². The van der Waals surface area contributed by atoms with Crippen molar-refractivity contribution >= 4 is 13.7 Å². The van der Waals surface area contributed by atoms with Crippen molar-refractivity contribution in [2.45, 2.75) is 270 Å². The largest absolute Gasteiger partial charge is 0.472 e. The summed E-state index contributed by atoms with van der Waals surface area (Å²) < 4.78 is 23.6. The summed E-state index contributed by atoms with van der Waals surface area (Å²) in [5, 5.41) is 13.8. The van der Waals surface area contributed by atoms with Crippen LogP contribution in [0.3, 0.4) is 0 Å². The molecule has 60 heavy (non-hydrogen) atoms. The molecular weight excluding hydrogens is 768 g/mol. The summed E-state index contributed by atoms with van der Waals surface area (Å²) in [5.74, 6) is -0.173. The van der Waals surface area contributed by atoms with E-state index >= 15 is 0 Å². The smallest absolute Gasteiger partial charge is 0.387 e. The number of phosphoric acid groups is 1. The molecule has 9 heteroatoms. The maximum Gasteiger partial charge on any atom is 0.472 e. The molecule has 0 radical (unpaired) electrons. The van der Waals surface area contributed by atoms with E-state index in [4.69, 9.17) is 9.05 Å². The van der Waals surface area contributed by atoms with Gasteiger partial charge in [0.25, 0.3) is 0 Å². The molecule has 3 unspecified atom stereocenters. The molecule has 358 valence electrons. The van der Waals surface area contributed by atoms with Gasteiger partial charge in [0.15, 0.2) is 0 Å². The Morgan fingerprint density at radius 3 is 1.23 bits per heavy atom. The highest BCUT2D eigenvalue weighted by molar-refractivity contribution is 7.47. The predicted octanol–water partition coefficient (Wildman–Crippen LogP) is 15.1. The molecule has 0 fully saturated rings. The summed E-state index contributed by atoms with van der Waals surface area (Å²) in [5.41, 5.74) is 0. The highest BCUT2D eigenvalue weighted by Crippen LogP contribution is 2.43. The molecule has 0 aromatic rings. The Balaban J connectivity index is 4.06. The predicted molar refractivity (Wildman–Crippen MR) is 259 cm³/mol. The van der Waals surface area contributed by atoms with Gasteiger partial charge in [-0.2, -0.15) is 0 Å². The van der Waals surface area contributed by atoms with Crippen molar-refractivity contribution in [3.05, 3.63) is 12.2 Å². The monoisotopic (exact) mass is 872 g/mol. The third-order valence-electron chi connectivity index (χ3n) is 12.0. The third-order valence-corrected chi connectivity index (χ3v) is 13.0. The van der Waals surface area contributed by atoms with Gasteiger partial charge in [-0.1, -0.05) is 244 Å². The molecule has 1 amide bonds. The van der Waals surface area contributed by atoms with E-state index in [9.17, 15) is 19.4 Å². The van der Waals surface area contributed by atoms with Crippen molar-refractivity contribution in [1.29, 1.82) is 0 Å². The number of aliphatic hydroxyl groups is 1. The number of nitrogens with one attached hydrogen (secondary N) is 1. The molecule has 0 bridgehead atoms. The number of quaternary nitrogens is 1. The standard InChI is InChI=1S/C51H103N2O6P/c1-6-8-10-12-14-16-18-19-20-21-22-23-24-25-26-27-28-29-30-31-32-33-35-37-39-41-43-45-51(55)52-49(48-59-60(56,57)58-47-46-53(3,4)5)50(54)44-42-40-38-36-34-17-15-13-11-9-7-2/h42,44,49-50,54H,6-41,43,45-48H2,1-5H3,(H-,52,55,56,57)/p+1/b44-42+. The second kappa shape index (κ2) is 43.5. The van der Waals surface area contributed by atoms with E-state index in [1.807, 2.05) is 27.2 Å². The van der Waals surface area contributed by atoms with E-state index in [1.165, 1.54) is 199 Å². The highest BCUT2D eigenvalue weighted by Gasteiger charge is 2.27. The fraction of sp³-hybridized carbons (Fsp3) is 0.941. The first-order valence-electron chi connectivity index (χ1n) is 26.1. The second-order valence-corrected chi connectivity index (χ2v) is 20.7. The van der Waals surface area contributed by atoms with Crippen LogP contribution in [0.5, 0.6) is 0 Å². The Kier molecular flexibility index (Phi) is 42.9. The summed E-state index contributed by atoms with van der Waals surface area (Å²) in [6.07, 6.45) is 51.7. The fourth-order valence-corrected chi connectivity index (χ4v) is 8.60. The average Bonchev–Trinajstić information content (AvgIpc) is 3.20. The second-order valence-electron chi connectivity index (χ2n) is 19.3. The lowest BCUT2D eigenvalue weighted by atomic mass is 10.0. The molecule has 0 aliphatic heterocycles. The Bertz CT molecular complexity index is 989. The van der Waals surface area contributed by atoms with Crippen LogP contribution in [-0.2, 0) is 18.4 Å². The number of aliphatic hydroxyl groups excluding tert-OH is 1. The summed E-state index contributed by atoms with van der Waals surface area (Å²) in [7, 11) is 1.58. The van der Waals surface area contributed by atoms with E-state index in [0.717, 1.165) is 38.5 Å². The van der Waals surface area contributed by atoms with Crippen LogP contribution in [0.1, 0.15) is 258 Å². The number of likely N-dealkylation sites (N-methyl/N-ethyl adjacent to an activating group) is 1. The number of allylic oxidation sites excluding steroid dienone is 1. The van der Waals surface area contributed by atoms with Gasteiger partial charge >= 0.3 is 7.82 Å². The molecule has 0 spiro atoms. The first kappa shape index (κ1) is 59.2. The summed E-state index contributed by atoms with van der Waals surface area (Å²) in [6, 6.07) is -0.840. The van der Waals surface area contributed by atoms with Gasteiger partial charge in [0.1, 0.15) is 13.2 Å². The minimum absolute atomic E-state index is 0.0646. The molecule has 0 rings (SSSR count). The van der Waals surface area contributed by atoms with Gasteiger partial charge in [0, 0.05) is 6.42 Å². The van der Waals surface area contributed by atoms with Crippen molar-refractivity contribution in [3.8, 4) is 0 Å². The molecule has 0 aliphatic rings. The first-order chi connectivity index (χ1) is 29.0. The lowest BCUT2D eigenvalue weighted by Gasteiger charge is -2.25. The zero-order valence-corrected chi connectivity index (χ0v) is 41.6.